The van der Waals surface area contributed by atoms with Crippen molar-refractivity contribution in [3.63, 3.8) is 0 Å². The van der Waals surface area contributed by atoms with Crippen LogP contribution in [0.3, 0.4) is 0 Å². The number of benzene rings is 2. The molecule has 4 rings (SSSR count). The molecule has 0 unspecified atom stereocenters. The minimum atomic E-state index is -0.497. The zero-order valence-electron chi connectivity index (χ0n) is 17.7. The Morgan fingerprint density at radius 2 is 1.76 bits per heavy atom. The molecular formula is C24H19N3O5S. The number of carbonyl (C=O) groups excluding carboxylic acids is 4. The number of carbonyl (C=O) groups is 4. The van der Waals surface area contributed by atoms with Crippen molar-refractivity contribution in [2.45, 2.75) is 26.3 Å². The lowest BCUT2D eigenvalue weighted by molar-refractivity contribution is -0.121. The number of nitrogens with zero attached hydrogens (tertiary/aromatic N) is 3. The smallest absolute Gasteiger partial charge is 0.338 e. The van der Waals surface area contributed by atoms with Gasteiger partial charge in [0.2, 0.25) is 11.8 Å². The van der Waals surface area contributed by atoms with E-state index >= 15 is 0 Å². The minimum Gasteiger partial charge on any atom is -0.462 e. The van der Waals surface area contributed by atoms with E-state index in [0.717, 1.165) is 15.1 Å². The summed E-state index contributed by atoms with van der Waals surface area (Å²) in [6.07, 6.45) is 5.89. The van der Waals surface area contributed by atoms with Crippen LogP contribution < -0.4 is 9.70 Å². The highest BCUT2D eigenvalue weighted by molar-refractivity contribution is 7.16. The second kappa shape index (κ2) is 9.22. The summed E-state index contributed by atoms with van der Waals surface area (Å²) in [4.78, 5) is 54.4. The predicted molar refractivity (Wildman–Crippen MR) is 123 cm³/mol. The van der Waals surface area contributed by atoms with Crippen LogP contribution in [0.15, 0.2) is 47.5 Å². The van der Waals surface area contributed by atoms with E-state index in [2.05, 4.69) is 10.9 Å². The number of terminal acetylenes is 1. The fraction of sp³-hybridized carbons (Fsp3) is 0.208. The number of rotatable bonds is 5. The number of hydrogen-bond acceptors (Lipinski definition) is 6. The molecule has 8 nitrogen and oxygen atoms in total. The van der Waals surface area contributed by atoms with Crippen molar-refractivity contribution in [1.29, 1.82) is 0 Å². The van der Waals surface area contributed by atoms with Crippen LogP contribution in [0.5, 0.6) is 0 Å². The zero-order valence-corrected chi connectivity index (χ0v) is 18.6. The van der Waals surface area contributed by atoms with Crippen molar-refractivity contribution >= 4 is 50.9 Å². The molecule has 1 aliphatic rings. The van der Waals surface area contributed by atoms with Crippen LogP contribution >= 0.6 is 11.3 Å². The summed E-state index contributed by atoms with van der Waals surface area (Å²) >= 11 is 1.24. The van der Waals surface area contributed by atoms with Crippen LogP contribution in [0.4, 0.5) is 5.69 Å². The molecule has 0 N–H and O–H groups in total. The van der Waals surface area contributed by atoms with Gasteiger partial charge in [0, 0.05) is 18.4 Å². The Morgan fingerprint density at radius 3 is 2.39 bits per heavy atom. The average Bonchev–Trinajstić information content (AvgIpc) is 3.32. The van der Waals surface area contributed by atoms with Crippen LogP contribution in [-0.2, 0) is 20.9 Å². The normalized spacial score (nSPS) is 14.1. The molecule has 0 bridgehead atoms. The average molecular weight is 461 g/mol. The Kier molecular flexibility index (Phi) is 6.20. The lowest BCUT2D eigenvalue weighted by Gasteiger charge is -2.13. The molecule has 2 heterocycles. The van der Waals surface area contributed by atoms with E-state index in [4.69, 9.17) is 11.2 Å². The van der Waals surface area contributed by atoms with Gasteiger partial charge in [-0.2, -0.15) is 4.99 Å². The molecule has 1 saturated heterocycles. The highest BCUT2D eigenvalue weighted by Crippen LogP contribution is 2.23. The number of anilines is 1. The van der Waals surface area contributed by atoms with Gasteiger partial charge in [-0.25, -0.2) is 4.79 Å². The zero-order chi connectivity index (χ0) is 23.5. The van der Waals surface area contributed by atoms with Crippen molar-refractivity contribution in [1.82, 2.24) is 4.57 Å². The fourth-order valence-electron chi connectivity index (χ4n) is 3.51. The molecule has 0 aliphatic carbocycles. The molecule has 0 atom stereocenters. The Balaban J connectivity index is 1.68. The van der Waals surface area contributed by atoms with Crippen LogP contribution in [-0.4, -0.2) is 34.9 Å². The summed E-state index contributed by atoms with van der Waals surface area (Å²) in [6, 6.07) is 11.2. The molecule has 0 saturated carbocycles. The molecule has 3 amide bonds. The number of hydrogen-bond donors (Lipinski definition) is 0. The Hall–Kier alpha value is -4.03. The Labute approximate surface area is 193 Å². The molecule has 33 heavy (non-hydrogen) atoms. The van der Waals surface area contributed by atoms with Crippen LogP contribution in [0, 0.1) is 12.3 Å². The van der Waals surface area contributed by atoms with Gasteiger partial charge in [0.05, 0.1) is 34.6 Å². The van der Waals surface area contributed by atoms with Gasteiger partial charge >= 0.3 is 5.97 Å². The summed E-state index contributed by atoms with van der Waals surface area (Å²) in [5, 5.41) is 0. The highest BCUT2D eigenvalue weighted by Gasteiger charge is 2.30. The van der Waals surface area contributed by atoms with Crippen molar-refractivity contribution in [2.75, 3.05) is 11.5 Å². The first kappa shape index (κ1) is 22.2. The molecule has 1 aliphatic heterocycles. The summed E-state index contributed by atoms with van der Waals surface area (Å²) < 4.78 is 7.51. The Morgan fingerprint density at radius 1 is 1.09 bits per heavy atom. The summed E-state index contributed by atoms with van der Waals surface area (Å²) in [5.74, 6) is 1.12. The number of amides is 3. The number of ether oxygens (including phenoxy) is 1. The SMILES string of the molecule is C#CCn1c(=NC(=O)c2ccc(N3C(=O)CCC3=O)cc2)sc2cc(C(=O)OCC)ccc21. The second-order valence-corrected chi connectivity index (χ2v) is 8.17. The molecule has 1 fully saturated rings. The van der Waals surface area contributed by atoms with Crippen LogP contribution in [0.25, 0.3) is 10.2 Å². The first-order valence-electron chi connectivity index (χ1n) is 10.2. The quantitative estimate of drug-likeness (QED) is 0.331. The van der Waals surface area contributed by atoms with Gasteiger partial charge < -0.3 is 9.30 Å². The lowest BCUT2D eigenvalue weighted by Crippen LogP contribution is -2.28. The lowest BCUT2D eigenvalue weighted by atomic mass is 10.2. The van der Waals surface area contributed by atoms with Gasteiger partial charge in [-0.1, -0.05) is 17.3 Å². The van der Waals surface area contributed by atoms with E-state index in [0.29, 0.717) is 21.6 Å². The number of imide groups is 1. The number of aromatic nitrogens is 1. The van der Waals surface area contributed by atoms with E-state index in [9.17, 15) is 19.2 Å². The molecule has 166 valence electrons. The maximum atomic E-state index is 12.8. The van der Waals surface area contributed by atoms with Gasteiger partial charge in [-0.15, -0.1) is 6.42 Å². The number of thiazole rings is 1. The van der Waals surface area contributed by atoms with Gasteiger partial charge in [0.15, 0.2) is 4.80 Å². The molecular weight excluding hydrogens is 442 g/mol. The first-order valence-corrected chi connectivity index (χ1v) is 11.0. The van der Waals surface area contributed by atoms with E-state index < -0.39 is 11.9 Å². The summed E-state index contributed by atoms with van der Waals surface area (Å²) in [6.45, 7) is 2.20. The van der Waals surface area contributed by atoms with Gasteiger partial charge in [0.1, 0.15) is 0 Å². The van der Waals surface area contributed by atoms with Gasteiger partial charge in [-0.3, -0.25) is 19.3 Å². The second-order valence-electron chi connectivity index (χ2n) is 7.16. The largest absolute Gasteiger partial charge is 0.462 e. The minimum absolute atomic E-state index is 0.188. The predicted octanol–water partition coefficient (Wildman–Crippen LogP) is 2.91. The Bertz CT molecular complexity index is 1380. The first-order chi connectivity index (χ1) is 15.9. The monoisotopic (exact) mass is 461 g/mol. The topological polar surface area (TPSA) is 98.0 Å². The number of fused-ring (bicyclic) bond motifs is 1. The molecule has 1 aromatic heterocycles. The van der Waals surface area contributed by atoms with E-state index in [1.54, 1.807) is 41.8 Å². The fourth-order valence-corrected chi connectivity index (χ4v) is 4.58. The standard InChI is InChI=1S/C24H19N3O5S/c1-3-13-26-18-10-7-16(23(31)32-4-2)14-19(18)33-24(26)25-22(30)15-5-8-17(9-6-15)27-20(28)11-12-21(27)29/h1,5-10,14H,4,11-13H2,2H3. The van der Waals surface area contributed by atoms with Crippen molar-refractivity contribution in [3.05, 3.63) is 58.4 Å². The molecule has 3 aromatic rings. The third-order valence-corrected chi connectivity index (χ3v) is 6.11. The van der Waals surface area contributed by atoms with Gasteiger partial charge in [-0.05, 0) is 49.4 Å². The molecule has 2 aromatic carbocycles. The maximum Gasteiger partial charge on any atom is 0.338 e. The molecule has 0 radical (unpaired) electrons. The highest BCUT2D eigenvalue weighted by atomic mass is 32.1. The van der Waals surface area contributed by atoms with E-state index in [1.165, 1.54) is 23.5 Å². The molecule has 0 spiro atoms. The third kappa shape index (κ3) is 4.33. The molecule has 9 heteroatoms. The summed E-state index contributed by atoms with van der Waals surface area (Å²) in [7, 11) is 0. The number of esters is 1. The third-order valence-electron chi connectivity index (χ3n) is 5.06. The van der Waals surface area contributed by atoms with Crippen molar-refractivity contribution in [3.8, 4) is 12.3 Å². The van der Waals surface area contributed by atoms with Crippen LogP contribution in [0.1, 0.15) is 40.5 Å². The van der Waals surface area contributed by atoms with E-state index in [1.807, 2.05) is 0 Å². The van der Waals surface area contributed by atoms with E-state index in [-0.39, 0.29) is 37.8 Å². The van der Waals surface area contributed by atoms with Crippen LogP contribution in [0.2, 0.25) is 0 Å². The van der Waals surface area contributed by atoms with Crippen molar-refractivity contribution < 1.29 is 23.9 Å². The summed E-state index contributed by atoms with van der Waals surface area (Å²) in [5.41, 5.74) is 1.88. The maximum absolute atomic E-state index is 12.8. The van der Waals surface area contributed by atoms with Crippen molar-refractivity contribution in [2.24, 2.45) is 4.99 Å². The van der Waals surface area contributed by atoms with Gasteiger partial charge in [0.25, 0.3) is 5.91 Å².